The molecule has 0 bridgehead atoms. The zero-order valence-corrected chi connectivity index (χ0v) is 14.7. The van der Waals surface area contributed by atoms with E-state index in [2.05, 4.69) is 17.4 Å². The number of benzene rings is 1. The maximum Gasteiger partial charge on any atom is 0.216 e. The summed E-state index contributed by atoms with van der Waals surface area (Å²) in [5, 5.41) is 17.6. The fourth-order valence-corrected chi connectivity index (χ4v) is 3.21. The van der Waals surface area contributed by atoms with Crippen molar-refractivity contribution in [3.63, 3.8) is 0 Å². The van der Waals surface area contributed by atoms with Crippen molar-refractivity contribution in [2.75, 3.05) is 18.1 Å². The second-order valence-corrected chi connectivity index (χ2v) is 7.21. The van der Waals surface area contributed by atoms with Gasteiger partial charge >= 0.3 is 0 Å². The molecule has 0 aliphatic heterocycles. The lowest BCUT2D eigenvalue weighted by Gasteiger charge is -2.17. The topological polar surface area (TPSA) is 129 Å². The molecule has 1 atom stereocenters. The van der Waals surface area contributed by atoms with E-state index in [4.69, 9.17) is 22.3 Å². The SMILES string of the molecule is CC(=O)NC[C@@H](CSC(=N)N)c1ccc(CCSC(=N)N)cc1. The van der Waals surface area contributed by atoms with Gasteiger partial charge in [0.1, 0.15) is 0 Å². The van der Waals surface area contributed by atoms with E-state index in [1.165, 1.54) is 36.0 Å². The second kappa shape index (κ2) is 10.2. The Bertz CT molecular complexity index is 529. The summed E-state index contributed by atoms with van der Waals surface area (Å²) in [6.45, 7) is 2.01. The standard InChI is InChI=1S/C15H23N5OS2/c1-10(21)20-8-13(9-23-15(18)19)12-4-2-11(3-5-12)6-7-22-14(16)17/h2-5,13H,6-9H2,1H3,(H3,16,17)(H3,18,19)(H,20,21)/t13-/m0/s1. The normalized spacial score (nSPS) is 11.7. The van der Waals surface area contributed by atoms with Crippen LogP contribution >= 0.6 is 23.5 Å². The maximum absolute atomic E-state index is 11.1. The third-order valence-electron chi connectivity index (χ3n) is 3.14. The highest BCUT2D eigenvalue weighted by Gasteiger charge is 2.13. The van der Waals surface area contributed by atoms with E-state index in [9.17, 15) is 4.79 Å². The van der Waals surface area contributed by atoms with Gasteiger partial charge in [0.15, 0.2) is 10.3 Å². The highest BCUT2D eigenvalue weighted by molar-refractivity contribution is 8.13. The third kappa shape index (κ3) is 8.51. The summed E-state index contributed by atoms with van der Waals surface area (Å²) in [4.78, 5) is 11.1. The number of amidine groups is 2. The maximum atomic E-state index is 11.1. The molecule has 0 heterocycles. The molecule has 0 saturated heterocycles. The van der Waals surface area contributed by atoms with Crippen molar-refractivity contribution in [2.24, 2.45) is 11.5 Å². The molecule has 0 aromatic heterocycles. The zero-order valence-electron chi connectivity index (χ0n) is 13.1. The Balaban J connectivity index is 2.66. The Hall–Kier alpha value is -1.67. The summed E-state index contributed by atoms with van der Waals surface area (Å²) < 4.78 is 0. The first kappa shape index (κ1) is 19.4. The van der Waals surface area contributed by atoms with Gasteiger partial charge in [-0.25, -0.2) is 0 Å². The fraction of sp³-hybridized carbons (Fsp3) is 0.400. The molecule has 0 saturated carbocycles. The van der Waals surface area contributed by atoms with Crippen molar-refractivity contribution in [1.82, 2.24) is 5.32 Å². The molecule has 0 aliphatic carbocycles. The van der Waals surface area contributed by atoms with Crippen molar-refractivity contribution in [3.8, 4) is 0 Å². The summed E-state index contributed by atoms with van der Waals surface area (Å²) >= 11 is 2.61. The number of rotatable bonds is 8. The molecule has 1 aromatic rings. The van der Waals surface area contributed by atoms with Crippen LogP contribution in [0.1, 0.15) is 24.0 Å². The van der Waals surface area contributed by atoms with Gasteiger partial charge in [0.05, 0.1) is 0 Å². The minimum absolute atomic E-state index is 0.0688. The summed E-state index contributed by atoms with van der Waals surface area (Å²) in [7, 11) is 0. The number of hydrogen-bond acceptors (Lipinski definition) is 5. The Morgan fingerprint density at radius 2 is 1.78 bits per heavy atom. The molecule has 1 amide bonds. The molecule has 6 nitrogen and oxygen atoms in total. The van der Waals surface area contributed by atoms with Gasteiger partial charge in [-0.2, -0.15) is 0 Å². The van der Waals surface area contributed by atoms with Gasteiger partial charge in [0.25, 0.3) is 0 Å². The predicted molar refractivity (Wildman–Crippen MR) is 100 cm³/mol. The molecule has 1 aromatic carbocycles. The quantitative estimate of drug-likeness (QED) is 0.359. The van der Waals surface area contributed by atoms with Crippen molar-refractivity contribution >= 4 is 39.8 Å². The molecular weight excluding hydrogens is 330 g/mol. The Kier molecular flexibility index (Phi) is 8.57. The molecule has 23 heavy (non-hydrogen) atoms. The molecule has 1 rings (SSSR count). The van der Waals surface area contributed by atoms with E-state index in [-0.39, 0.29) is 22.2 Å². The van der Waals surface area contributed by atoms with E-state index in [1.54, 1.807) is 0 Å². The number of thioether (sulfide) groups is 2. The number of carbonyl (C=O) groups is 1. The minimum atomic E-state index is -0.0688. The zero-order chi connectivity index (χ0) is 17.2. The molecule has 0 fully saturated rings. The van der Waals surface area contributed by atoms with Gasteiger partial charge in [-0.05, 0) is 17.5 Å². The van der Waals surface area contributed by atoms with Gasteiger partial charge in [0, 0.05) is 30.9 Å². The van der Waals surface area contributed by atoms with Crippen LogP contribution in [0, 0.1) is 10.8 Å². The number of amides is 1. The lowest BCUT2D eigenvalue weighted by molar-refractivity contribution is -0.119. The largest absolute Gasteiger partial charge is 0.379 e. The minimum Gasteiger partial charge on any atom is -0.379 e. The number of hydrogen-bond donors (Lipinski definition) is 5. The number of carbonyl (C=O) groups excluding carboxylic acids is 1. The van der Waals surface area contributed by atoms with Crippen LogP contribution in [0.15, 0.2) is 24.3 Å². The van der Waals surface area contributed by atoms with E-state index >= 15 is 0 Å². The molecule has 126 valence electrons. The molecule has 0 aliphatic rings. The Morgan fingerprint density at radius 3 is 2.30 bits per heavy atom. The highest BCUT2D eigenvalue weighted by atomic mass is 32.2. The van der Waals surface area contributed by atoms with Crippen LogP contribution in [0.5, 0.6) is 0 Å². The van der Waals surface area contributed by atoms with Crippen molar-refractivity contribution < 1.29 is 4.79 Å². The van der Waals surface area contributed by atoms with Gasteiger partial charge in [0.2, 0.25) is 5.91 Å². The van der Waals surface area contributed by atoms with Crippen LogP contribution in [0.2, 0.25) is 0 Å². The highest BCUT2D eigenvalue weighted by Crippen LogP contribution is 2.21. The first-order chi connectivity index (χ1) is 10.9. The third-order valence-corrected chi connectivity index (χ3v) is 4.74. The van der Waals surface area contributed by atoms with E-state index in [0.29, 0.717) is 12.3 Å². The molecule has 0 radical (unpaired) electrons. The average molecular weight is 354 g/mol. The van der Waals surface area contributed by atoms with E-state index < -0.39 is 0 Å². The summed E-state index contributed by atoms with van der Waals surface area (Å²) in [5.74, 6) is 1.47. The number of nitrogens with two attached hydrogens (primary N) is 2. The lowest BCUT2D eigenvalue weighted by Crippen LogP contribution is -2.27. The van der Waals surface area contributed by atoms with Gasteiger partial charge in [-0.3, -0.25) is 15.6 Å². The first-order valence-corrected chi connectivity index (χ1v) is 9.12. The molecule has 7 N–H and O–H groups in total. The molecule has 0 spiro atoms. The van der Waals surface area contributed by atoms with Gasteiger partial charge in [-0.1, -0.05) is 47.8 Å². The smallest absolute Gasteiger partial charge is 0.216 e. The molecular formula is C15H23N5OS2. The van der Waals surface area contributed by atoms with Crippen molar-refractivity contribution in [1.29, 1.82) is 10.8 Å². The second-order valence-electron chi connectivity index (χ2n) is 5.01. The van der Waals surface area contributed by atoms with Crippen LogP contribution in [0.4, 0.5) is 0 Å². The summed E-state index contributed by atoms with van der Waals surface area (Å²) in [6.07, 6.45) is 0.850. The van der Waals surface area contributed by atoms with Crippen LogP contribution < -0.4 is 16.8 Å². The summed E-state index contributed by atoms with van der Waals surface area (Å²) in [5.41, 5.74) is 13.0. The molecule has 0 unspecified atom stereocenters. The van der Waals surface area contributed by atoms with Gasteiger partial charge in [-0.15, -0.1) is 0 Å². The van der Waals surface area contributed by atoms with Gasteiger partial charge < -0.3 is 16.8 Å². The molecule has 8 heteroatoms. The Morgan fingerprint density at radius 1 is 1.17 bits per heavy atom. The first-order valence-electron chi connectivity index (χ1n) is 7.15. The van der Waals surface area contributed by atoms with E-state index in [0.717, 1.165) is 17.7 Å². The van der Waals surface area contributed by atoms with Crippen molar-refractivity contribution in [3.05, 3.63) is 35.4 Å². The van der Waals surface area contributed by atoms with E-state index in [1.807, 2.05) is 12.1 Å². The Labute approximate surface area is 145 Å². The van der Waals surface area contributed by atoms with Crippen molar-refractivity contribution in [2.45, 2.75) is 19.3 Å². The van der Waals surface area contributed by atoms with Crippen LogP contribution in [-0.2, 0) is 11.2 Å². The monoisotopic (exact) mass is 353 g/mol. The lowest BCUT2D eigenvalue weighted by atomic mass is 9.99. The van der Waals surface area contributed by atoms with Crippen LogP contribution in [0.25, 0.3) is 0 Å². The fourth-order valence-electron chi connectivity index (χ4n) is 1.97. The van der Waals surface area contributed by atoms with Crippen LogP contribution in [0.3, 0.4) is 0 Å². The number of aryl methyl sites for hydroxylation is 1. The average Bonchev–Trinajstić information content (AvgIpc) is 2.47. The van der Waals surface area contributed by atoms with Crippen LogP contribution in [-0.4, -0.2) is 34.3 Å². The summed E-state index contributed by atoms with van der Waals surface area (Å²) in [6, 6.07) is 8.19. The number of nitrogens with one attached hydrogen (secondary N) is 3. The predicted octanol–water partition coefficient (Wildman–Crippen LogP) is 1.70.